The normalized spacial score (nSPS) is 12.7. The number of nitrogens with zero attached hydrogens (tertiary/aromatic N) is 1. The van der Waals surface area contributed by atoms with Crippen molar-refractivity contribution in [3.8, 4) is 0 Å². The molecule has 0 aromatic rings. The lowest BCUT2D eigenvalue weighted by molar-refractivity contribution is -0.130. The molecule has 0 spiro atoms. The summed E-state index contributed by atoms with van der Waals surface area (Å²) in [4.78, 5) is 13.0. The standard InChI is InChI=1S/C9H19NO/c1-5-7-10(9(4)11)8(3)6-2/h8H,5-7H2,1-4H3/t8-/m1/s1. The number of hydrogen-bond acceptors (Lipinski definition) is 1. The van der Waals surface area contributed by atoms with E-state index in [9.17, 15) is 4.79 Å². The van der Waals surface area contributed by atoms with Crippen LogP contribution >= 0.6 is 0 Å². The first kappa shape index (κ1) is 10.5. The number of hydrogen-bond donors (Lipinski definition) is 0. The van der Waals surface area contributed by atoms with Crippen molar-refractivity contribution in [1.82, 2.24) is 4.90 Å². The van der Waals surface area contributed by atoms with E-state index in [2.05, 4.69) is 20.8 Å². The van der Waals surface area contributed by atoms with Gasteiger partial charge in [-0.2, -0.15) is 0 Å². The van der Waals surface area contributed by atoms with Crippen molar-refractivity contribution in [2.24, 2.45) is 0 Å². The van der Waals surface area contributed by atoms with Crippen LogP contribution in [0.5, 0.6) is 0 Å². The van der Waals surface area contributed by atoms with Crippen molar-refractivity contribution in [1.29, 1.82) is 0 Å². The Bertz CT molecular complexity index is 123. The first-order chi connectivity index (χ1) is 5.13. The lowest BCUT2D eigenvalue weighted by Crippen LogP contribution is -2.37. The van der Waals surface area contributed by atoms with Gasteiger partial charge in [-0.05, 0) is 19.8 Å². The summed E-state index contributed by atoms with van der Waals surface area (Å²) < 4.78 is 0. The van der Waals surface area contributed by atoms with E-state index >= 15 is 0 Å². The van der Waals surface area contributed by atoms with Gasteiger partial charge in [-0.15, -0.1) is 0 Å². The molecule has 66 valence electrons. The smallest absolute Gasteiger partial charge is 0.219 e. The molecule has 0 N–H and O–H groups in total. The Balaban J connectivity index is 3.97. The van der Waals surface area contributed by atoms with E-state index in [1.165, 1.54) is 0 Å². The van der Waals surface area contributed by atoms with Gasteiger partial charge in [-0.25, -0.2) is 0 Å². The third-order valence-electron chi connectivity index (χ3n) is 1.99. The molecule has 0 heterocycles. The summed E-state index contributed by atoms with van der Waals surface area (Å²) in [5.41, 5.74) is 0. The Morgan fingerprint density at radius 2 is 2.00 bits per heavy atom. The van der Waals surface area contributed by atoms with Gasteiger partial charge in [-0.3, -0.25) is 4.79 Å². The molecule has 0 rings (SSSR count). The molecule has 0 aliphatic carbocycles. The molecule has 2 nitrogen and oxygen atoms in total. The second kappa shape index (κ2) is 5.16. The van der Waals surface area contributed by atoms with Crippen LogP contribution in [-0.4, -0.2) is 23.4 Å². The van der Waals surface area contributed by atoms with Crippen molar-refractivity contribution in [2.75, 3.05) is 6.54 Å². The first-order valence-electron chi connectivity index (χ1n) is 4.40. The van der Waals surface area contributed by atoms with Gasteiger partial charge in [0.05, 0.1) is 0 Å². The van der Waals surface area contributed by atoms with Crippen molar-refractivity contribution < 1.29 is 4.79 Å². The molecule has 0 saturated carbocycles. The molecule has 11 heavy (non-hydrogen) atoms. The van der Waals surface area contributed by atoms with E-state index < -0.39 is 0 Å². The SMILES string of the molecule is CCCN(C(C)=O)[C@H](C)CC. The van der Waals surface area contributed by atoms with Gasteiger partial charge >= 0.3 is 0 Å². The van der Waals surface area contributed by atoms with Crippen LogP contribution in [-0.2, 0) is 4.79 Å². The number of amides is 1. The summed E-state index contributed by atoms with van der Waals surface area (Å²) in [5, 5.41) is 0. The maximum atomic E-state index is 11.1. The Kier molecular flexibility index (Phi) is 4.92. The van der Waals surface area contributed by atoms with Crippen LogP contribution < -0.4 is 0 Å². The lowest BCUT2D eigenvalue weighted by Gasteiger charge is -2.26. The Hall–Kier alpha value is -0.530. The number of carbonyl (C=O) groups excluding carboxylic acids is 1. The van der Waals surface area contributed by atoms with Crippen LogP contribution in [0.4, 0.5) is 0 Å². The fraction of sp³-hybridized carbons (Fsp3) is 0.889. The van der Waals surface area contributed by atoms with E-state index in [4.69, 9.17) is 0 Å². The van der Waals surface area contributed by atoms with E-state index in [0.29, 0.717) is 6.04 Å². The molecule has 1 atom stereocenters. The predicted octanol–water partition coefficient (Wildman–Crippen LogP) is 2.04. The molecule has 0 unspecified atom stereocenters. The van der Waals surface area contributed by atoms with Gasteiger partial charge in [0.2, 0.25) is 5.91 Å². The largest absolute Gasteiger partial charge is 0.340 e. The maximum absolute atomic E-state index is 11.1. The summed E-state index contributed by atoms with van der Waals surface area (Å²) in [5.74, 6) is 0.196. The third kappa shape index (κ3) is 3.40. The molecular weight excluding hydrogens is 138 g/mol. The molecule has 0 aliphatic rings. The van der Waals surface area contributed by atoms with E-state index in [1.54, 1.807) is 6.92 Å². The highest BCUT2D eigenvalue weighted by molar-refractivity contribution is 5.73. The lowest BCUT2D eigenvalue weighted by atomic mass is 10.2. The second-order valence-electron chi connectivity index (χ2n) is 2.97. The minimum absolute atomic E-state index is 0.196. The van der Waals surface area contributed by atoms with E-state index in [1.807, 2.05) is 4.90 Å². The Labute approximate surface area is 69.6 Å². The summed E-state index contributed by atoms with van der Waals surface area (Å²) in [6, 6.07) is 0.396. The van der Waals surface area contributed by atoms with Gasteiger partial charge in [-0.1, -0.05) is 13.8 Å². The average molecular weight is 157 g/mol. The third-order valence-corrected chi connectivity index (χ3v) is 1.99. The van der Waals surface area contributed by atoms with Gasteiger partial charge < -0.3 is 4.90 Å². The maximum Gasteiger partial charge on any atom is 0.219 e. The van der Waals surface area contributed by atoms with E-state index in [0.717, 1.165) is 19.4 Å². The van der Waals surface area contributed by atoms with Gasteiger partial charge in [0.25, 0.3) is 0 Å². The van der Waals surface area contributed by atoms with Crippen molar-refractivity contribution in [3.05, 3.63) is 0 Å². The average Bonchev–Trinajstić information content (AvgIpc) is 1.98. The number of rotatable bonds is 4. The quantitative estimate of drug-likeness (QED) is 0.611. The van der Waals surface area contributed by atoms with Crippen LogP contribution in [0.15, 0.2) is 0 Å². The summed E-state index contributed by atoms with van der Waals surface area (Å²) in [7, 11) is 0. The second-order valence-corrected chi connectivity index (χ2v) is 2.97. The molecule has 0 aliphatic heterocycles. The molecule has 0 aromatic heterocycles. The zero-order valence-electron chi connectivity index (χ0n) is 8.05. The van der Waals surface area contributed by atoms with Crippen molar-refractivity contribution in [2.45, 2.75) is 46.6 Å². The topological polar surface area (TPSA) is 20.3 Å². The van der Waals surface area contributed by atoms with Gasteiger partial charge in [0.1, 0.15) is 0 Å². The number of carbonyl (C=O) groups is 1. The zero-order chi connectivity index (χ0) is 8.85. The van der Waals surface area contributed by atoms with E-state index in [-0.39, 0.29) is 5.91 Å². The molecule has 0 radical (unpaired) electrons. The summed E-state index contributed by atoms with van der Waals surface area (Å²) in [6.45, 7) is 8.83. The van der Waals surface area contributed by atoms with Crippen molar-refractivity contribution >= 4 is 5.91 Å². The Morgan fingerprint density at radius 1 is 1.45 bits per heavy atom. The molecule has 0 bridgehead atoms. The monoisotopic (exact) mass is 157 g/mol. The fourth-order valence-electron chi connectivity index (χ4n) is 1.15. The highest BCUT2D eigenvalue weighted by Crippen LogP contribution is 2.04. The summed E-state index contributed by atoms with van der Waals surface area (Å²) in [6.07, 6.45) is 2.09. The predicted molar refractivity (Wildman–Crippen MR) is 47.4 cm³/mol. The highest BCUT2D eigenvalue weighted by Gasteiger charge is 2.12. The molecule has 2 heteroatoms. The van der Waals surface area contributed by atoms with Gasteiger partial charge in [0.15, 0.2) is 0 Å². The van der Waals surface area contributed by atoms with Crippen LogP contribution in [0.2, 0.25) is 0 Å². The molecule has 0 fully saturated rings. The molecular formula is C9H19NO. The molecule has 1 amide bonds. The highest BCUT2D eigenvalue weighted by atomic mass is 16.2. The van der Waals surface area contributed by atoms with Crippen molar-refractivity contribution in [3.63, 3.8) is 0 Å². The first-order valence-corrected chi connectivity index (χ1v) is 4.40. The summed E-state index contributed by atoms with van der Waals surface area (Å²) >= 11 is 0. The molecule has 0 saturated heterocycles. The van der Waals surface area contributed by atoms with Crippen LogP contribution in [0.1, 0.15) is 40.5 Å². The zero-order valence-corrected chi connectivity index (χ0v) is 8.05. The van der Waals surface area contributed by atoms with Crippen LogP contribution in [0, 0.1) is 0 Å². The van der Waals surface area contributed by atoms with Crippen LogP contribution in [0.3, 0.4) is 0 Å². The Morgan fingerprint density at radius 3 is 2.27 bits per heavy atom. The minimum atomic E-state index is 0.196. The molecule has 0 aromatic carbocycles. The fourth-order valence-corrected chi connectivity index (χ4v) is 1.15. The van der Waals surface area contributed by atoms with Gasteiger partial charge in [0, 0.05) is 19.5 Å². The van der Waals surface area contributed by atoms with Crippen LogP contribution in [0.25, 0.3) is 0 Å². The minimum Gasteiger partial charge on any atom is -0.340 e.